The van der Waals surface area contributed by atoms with Crippen LogP contribution < -0.4 is 0 Å². The maximum atomic E-state index is 12.3. The van der Waals surface area contributed by atoms with Gasteiger partial charge in [-0.3, -0.25) is 9.59 Å². The molecular formula is C24H32O4. The van der Waals surface area contributed by atoms with Crippen LogP contribution in [0.3, 0.4) is 0 Å². The van der Waals surface area contributed by atoms with Crippen LogP contribution in [0.4, 0.5) is 0 Å². The van der Waals surface area contributed by atoms with Gasteiger partial charge >= 0.3 is 11.9 Å². The lowest BCUT2D eigenvalue weighted by atomic mass is 9.76. The number of carbonyl (C=O) groups excluding carboxylic acids is 1. The van der Waals surface area contributed by atoms with E-state index in [4.69, 9.17) is 4.74 Å². The van der Waals surface area contributed by atoms with Gasteiger partial charge in [0.25, 0.3) is 0 Å². The van der Waals surface area contributed by atoms with Gasteiger partial charge in [-0.05, 0) is 46.4 Å². The predicted octanol–water partition coefficient (Wildman–Crippen LogP) is 5.79. The van der Waals surface area contributed by atoms with Crippen LogP contribution in [0.5, 0.6) is 0 Å². The number of ether oxygens (including phenoxy) is 1. The number of carboxylic acids is 1. The minimum atomic E-state index is -0.875. The molecule has 2 unspecified atom stereocenters. The van der Waals surface area contributed by atoms with Crippen LogP contribution >= 0.6 is 0 Å². The summed E-state index contributed by atoms with van der Waals surface area (Å²) >= 11 is 0. The van der Waals surface area contributed by atoms with Crippen molar-refractivity contribution in [2.24, 2.45) is 11.3 Å². The van der Waals surface area contributed by atoms with Crippen LogP contribution in [-0.2, 0) is 14.3 Å². The van der Waals surface area contributed by atoms with Crippen molar-refractivity contribution in [1.29, 1.82) is 0 Å². The van der Waals surface area contributed by atoms with Crippen LogP contribution in [0, 0.1) is 11.3 Å². The van der Waals surface area contributed by atoms with Gasteiger partial charge in [0.1, 0.15) is 0 Å². The van der Waals surface area contributed by atoms with E-state index in [9.17, 15) is 14.7 Å². The first-order valence-corrected chi connectivity index (χ1v) is 10.1. The molecule has 4 heteroatoms. The van der Waals surface area contributed by atoms with Crippen LogP contribution in [0.15, 0.2) is 42.5 Å². The molecule has 0 aliphatic rings. The Morgan fingerprint density at radius 2 is 1.71 bits per heavy atom. The smallest absolute Gasteiger partial charge is 0.306 e. The predicted molar refractivity (Wildman–Crippen MR) is 112 cm³/mol. The van der Waals surface area contributed by atoms with E-state index in [1.165, 1.54) is 16.3 Å². The fourth-order valence-electron chi connectivity index (χ4n) is 4.14. The maximum Gasteiger partial charge on any atom is 0.306 e. The molecule has 0 saturated heterocycles. The fourth-order valence-corrected chi connectivity index (χ4v) is 4.14. The van der Waals surface area contributed by atoms with Crippen molar-refractivity contribution in [3.05, 3.63) is 48.0 Å². The lowest BCUT2D eigenvalue weighted by Gasteiger charge is -2.28. The van der Waals surface area contributed by atoms with Crippen LogP contribution in [-0.4, -0.2) is 23.7 Å². The van der Waals surface area contributed by atoms with Gasteiger partial charge in [0.2, 0.25) is 0 Å². The summed E-state index contributed by atoms with van der Waals surface area (Å²) < 4.78 is 5.47. The van der Waals surface area contributed by atoms with Crippen molar-refractivity contribution in [1.82, 2.24) is 0 Å². The first-order valence-electron chi connectivity index (χ1n) is 10.1. The van der Waals surface area contributed by atoms with Gasteiger partial charge < -0.3 is 9.84 Å². The van der Waals surface area contributed by atoms with Gasteiger partial charge in [0, 0.05) is 0 Å². The van der Waals surface area contributed by atoms with Crippen LogP contribution in [0.2, 0.25) is 0 Å². The number of carboxylic acid groups (broad SMARTS) is 1. The van der Waals surface area contributed by atoms with E-state index in [2.05, 4.69) is 37.3 Å². The van der Waals surface area contributed by atoms with Gasteiger partial charge in [-0.2, -0.15) is 0 Å². The van der Waals surface area contributed by atoms with Crippen molar-refractivity contribution < 1.29 is 19.4 Å². The topological polar surface area (TPSA) is 63.6 Å². The second kappa shape index (κ2) is 9.72. The van der Waals surface area contributed by atoms with Crippen molar-refractivity contribution in [3.63, 3.8) is 0 Å². The highest BCUT2D eigenvalue weighted by atomic mass is 16.5. The van der Waals surface area contributed by atoms with Crippen molar-refractivity contribution in [2.75, 3.05) is 6.61 Å². The summed E-state index contributed by atoms with van der Waals surface area (Å²) in [5.41, 5.74) is 0.683. The van der Waals surface area contributed by atoms with E-state index < -0.39 is 11.4 Å². The van der Waals surface area contributed by atoms with Gasteiger partial charge in [-0.25, -0.2) is 0 Å². The summed E-state index contributed by atoms with van der Waals surface area (Å²) in [5, 5.41) is 11.6. The fraction of sp³-hybridized carbons (Fsp3) is 0.500. The third-order valence-corrected chi connectivity index (χ3v) is 5.22. The Morgan fingerprint density at radius 3 is 2.39 bits per heavy atom. The molecule has 2 atom stereocenters. The molecule has 2 aromatic carbocycles. The van der Waals surface area contributed by atoms with E-state index >= 15 is 0 Å². The van der Waals surface area contributed by atoms with E-state index in [1.807, 2.05) is 32.9 Å². The third kappa shape index (κ3) is 6.36. The molecule has 2 rings (SSSR count). The number of fused-ring (bicyclic) bond motifs is 1. The van der Waals surface area contributed by atoms with Gasteiger partial charge in [0.15, 0.2) is 0 Å². The normalized spacial score (nSPS) is 14.6. The zero-order valence-electron chi connectivity index (χ0n) is 17.4. The first kappa shape index (κ1) is 21.9. The Bertz CT molecular complexity index is 806. The summed E-state index contributed by atoms with van der Waals surface area (Å²) in [4.78, 5) is 23.5. The lowest BCUT2D eigenvalue weighted by molar-refractivity contribution is -0.148. The molecule has 0 radical (unpaired) electrons. The number of carbonyl (C=O) groups is 2. The summed E-state index contributed by atoms with van der Waals surface area (Å²) in [7, 11) is 0. The number of benzene rings is 2. The minimum absolute atomic E-state index is 0.0211. The molecule has 0 aliphatic heterocycles. The molecule has 0 aromatic heterocycles. The molecule has 0 amide bonds. The Balaban J connectivity index is 1.92. The summed E-state index contributed by atoms with van der Waals surface area (Å²) in [6, 6.07) is 14.6. The van der Waals surface area contributed by atoms with E-state index in [1.54, 1.807) is 0 Å². The molecule has 152 valence electrons. The van der Waals surface area contributed by atoms with Crippen LogP contribution in [0.25, 0.3) is 10.8 Å². The zero-order valence-corrected chi connectivity index (χ0v) is 17.4. The number of rotatable bonds is 10. The lowest BCUT2D eigenvalue weighted by Crippen LogP contribution is -2.27. The molecular weight excluding hydrogens is 352 g/mol. The summed E-state index contributed by atoms with van der Waals surface area (Å²) in [6.07, 6.45) is 1.53. The SMILES string of the molecule is CC(C)CC(C)(CC(=O)O)CC(=O)OCCC(C)c1cccc2ccccc12. The average molecular weight is 385 g/mol. The van der Waals surface area contributed by atoms with Crippen molar-refractivity contribution in [3.8, 4) is 0 Å². The molecule has 0 aliphatic carbocycles. The molecule has 2 aromatic rings. The number of hydrogen-bond donors (Lipinski definition) is 1. The van der Waals surface area contributed by atoms with E-state index in [0.717, 1.165) is 6.42 Å². The Kier molecular flexibility index (Phi) is 7.61. The molecule has 4 nitrogen and oxygen atoms in total. The molecule has 1 N–H and O–H groups in total. The number of hydrogen-bond acceptors (Lipinski definition) is 3. The quantitative estimate of drug-likeness (QED) is 0.526. The highest BCUT2D eigenvalue weighted by molar-refractivity contribution is 5.86. The second-order valence-electron chi connectivity index (χ2n) is 8.63. The third-order valence-electron chi connectivity index (χ3n) is 5.22. The second-order valence-corrected chi connectivity index (χ2v) is 8.63. The maximum absolute atomic E-state index is 12.3. The highest BCUT2D eigenvalue weighted by Crippen LogP contribution is 2.34. The highest BCUT2D eigenvalue weighted by Gasteiger charge is 2.32. The van der Waals surface area contributed by atoms with Gasteiger partial charge in [-0.15, -0.1) is 0 Å². The Morgan fingerprint density at radius 1 is 1.04 bits per heavy atom. The van der Waals surface area contributed by atoms with Crippen molar-refractivity contribution >= 4 is 22.7 Å². The monoisotopic (exact) mass is 384 g/mol. The van der Waals surface area contributed by atoms with Gasteiger partial charge in [0.05, 0.1) is 19.4 Å². The molecule has 0 fully saturated rings. The molecule has 0 heterocycles. The molecule has 0 saturated carbocycles. The molecule has 0 bridgehead atoms. The molecule has 0 spiro atoms. The summed E-state index contributed by atoms with van der Waals surface area (Å²) in [6.45, 7) is 8.42. The minimum Gasteiger partial charge on any atom is -0.481 e. The van der Waals surface area contributed by atoms with E-state index in [0.29, 0.717) is 18.9 Å². The van der Waals surface area contributed by atoms with Crippen molar-refractivity contribution in [2.45, 2.75) is 59.3 Å². The Labute approximate surface area is 167 Å². The van der Waals surface area contributed by atoms with Crippen LogP contribution in [0.1, 0.15) is 64.9 Å². The largest absolute Gasteiger partial charge is 0.481 e. The zero-order chi connectivity index (χ0) is 20.7. The molecule has 28 heavy (non-hydrogen) atoms. The van der Waals surface area contributed by atoms with Gasteiger partial charge in [-0.1, -0.05) is 70.2 Å². The number of aliphatic carboxylic acids is 1. The standard InChI is InChI=1S/C24H32O4/c1-17(2)14-24(4,15-22(25)26)16-23(27)28-13-12-18(3)20-11-7-9-19-8-5-6-10-21(19)20/h5-11,17-18H,12-16H2,1-4H3,(H,25,26). The average Bonchev–Trinajstić information content (AvgIpc) is 2.59. The first-order chi connectivity index (χ1) is 13.2. The van der Waals surface area contributed by atoms with E-state index in [-0.39, 0.29) is 24.7 Å². The number of esters is 1. The Hall–Kier alpha value is -2.36. The summed E-state index contributed by atoms with van der Waals surface area (Å²) in [5.74, 6) is -0.599.